The van der Waals surface area contributed by atoms with Crippen LogP contribution in [0.5, 0.6) is 0 Å². The average molecular weight is 606 g/mol. The van der Waals surface area contributed by atoms with Gasteiger partial charge in [-0.3, -0.25) is 19.6 Å². The van der Waals surface area contributed by atoms with E-state index in [1.165, 1.54) is 21.6 Å². The number of imide groups is 1. The van der Waals surface area contributed by atoms with E-state index in [0.717, 1.165) is 43.8 Å². The molecule has 0 spiro atoms. The summed E-state index contributed by atoms with van der Waals surface area (Å²) in [5, 5.41) is 9.63. The minimum absolute atomic E-state index is 0.133. The fraction of sp³-hybridized carbons (Fsp3) is 0.361. The highest BCUT2D eigenvalue weighted by Gasteiger charge is 2.27. The van der Waals surface area contributed by atoms with E-state index in [9.17, 15) is 9.59 Å². The van der Waals surface area contributed by atoms with Crippen LogP contribution in [0, 0.1) is 5.92 Å². The fourth-order valence-corrected chi connectivity index (χ4v) is 8.12. The predicted octanol–water partition coefficient (Wildman–Crippen LogP) is 4.86. The van der Waals surface area contributed by atoms with Crippen LogP contribution in [0.4, 0.5) is 5.69 Å². The van der Waals surface area contributed by atoms with Gasteiger partial charge < -0.3 is 9.33 Å². The molecule has 0 bridgehead atoms. The fourth-order valence-electron chi connectivity index (χ4n) is 6.09. The minimum Gasteiger partial charge on any atom is -0.407 e. The molecule has 1 N–H and O–H groups in total. The van der Waals surface area contributed by atoms with Gasteiger partial charge in [0.2, 0.25) is 11.8 Å². The van der Waals surface area contributed by atoms with Crippen molar-refractivity contribution in [1.82, 2.24) is 15.1 Å². The molecule has 0 aliphatic carbocycles. The summed E-state index contributed by atoms with van der Waals surface area (Å²) >= 11 is 0. The SMILES string of the molecule is CC(C)(C)c1ccc([Si](OCC2CCN(c3ccc(-c4ccn(C5CC(=O)NC(=O)C5)n4)cc3)CC2)c2ccccc2)cc1. The summed E-state index contributed by atoms with van der Waals surface area (Å²) in [4.78, 5) is 26.0. The van der Waals surface area contributed by atoms with E-state index in [0.29, 0.717) is 5.92 Å². The molecule has 227 valence electrons. The van der Waals surface area contributed by atoms with Crippen LogP contribution in [0.2, 0.25) is 0 Å². The number of nitrogens with one attached hydrogen (secondary N) is 1. The molecule has 0 atom stereocenters. The third-order valence-electron chi connectivity index (χ3n) is 8.76. The van der Waals surface area contributed by atoms with Crippen LogP contribution in [0.25, 0.3) is 11.3 Å². The van der Waals surface area contributed by atoms with E-state index in [-0.39, 0.29) is 36.1 Å². The second kappa shape index (κ2) is 12.9. The zero-order valence-electron chi connectivity index (χ0n) is 25.8. The average Bonchev–Trinajstić information content (AvgIpc) is 3.52. The van der Waals surface area contributed by atoms with Crippen LogP contribution < -0.4 is 20.6 Å². The molecule has 2 amide bonds. The van der Waals surface area contributed by atoms with Gasteiger partial charge in [0, 0.05) is 50.0 Å². The molecular formula is C36H41N4O3Si. The molecule has 1 aromatic heterocycles. The van der Waals surface area contributed by atoms with Crippen molar-refractivity contribution >= 4 is 36.9 Å². The highest BCUT2D eigenvalue weighted by molar-refractivity contribution is 6.80. The van der Waals surface area contributed by atoms with Crippen molar-refractivity contribution in [3.8, 4) is 11.3 Å². The largest absolute Gasteiger partial charge is 0.407 e. The molecule has 2 fully saturated rings. The molecule has 7 nitrogen and oxygen atoms in total. The molecule has 0 saturated carbocycles. The Hall–Kier alpha value is -4.01. The smallest absolute Gasteiger partial charge is 0.282 e. The van der Waals surface area contributed by atoms with Gasteiger partial charge in [0.25, 0.3) is 9.04 Å². The second-order valence-corrected chi connectivity index (χ2v) is 15.1. The lowest BCUT2D eigenvalue weighted by Crippen LogP contribution is -2.46. The van der Waals surface area contributed by atoms with Crippen molar-refractivity contribution in [1.29, 1.82) is 0 Å². The summed E-state index contributed by atoms with van der Waals surface area (Å²) in [7, 11) is -1.32. The van der Waals surface area contributed by atoms with Crippen molar-refractivity contribution in [2.24, 2.45) is 5.92 Å². The molecule has 2 aliphatic rings. The Morgan fingerprint density at radius 1 is 0.841 bits per heavy atom. The molecule has 44 heavy (non-hydrogen) atoms. The van der Waals surface area contributed by atoms with Gasteiger partial charge in [-0.1, -0.05) is 87.5 Å². The molecule has 6 rings (SSSR count). The first kappa shape index (κ1) is 30.0. The predicted molar refractivity (Wildman–Crippen MR) is 177 cm³/mol. The number of hydrogen-bond acceptors (Lipinski definition) is 5. The molecule has 2 saturated heterocycles. The molecular weight excluding hydrogens is 565 g/mol. The first-order valence-electron chi connectivity index (χ1n) is 15.6. The van der Waals surface area contributed by atoms with Crippen LogP contribution in [0.15, 0.2) is 91.1 Å². The lowest BCUT2D eigenvalue weighted by atomic mass is 9.87. The van der Waals surface area contributed by atoms with Gasteiger partial charge in [0.1, 0.15) is 0 Å². The van der Waals surface area contributed by atoms with Crippen LogP contribution in [-0.4, -0.2) is 50.3 Å². The van der Waals surface area contributed by atoms with E-state index in [4.69, 9.17) is 4.43 Å². The van der Waals surface area contributed by atoms with Crippen molar-refractivity contribution in [3.63, 3.8) is 0 Å². The number of anilines is 1. The third kappa shape index (κ3) is 7.03. The molecule has 4 aromatic rings. The maximum atomic E-state index is 11.8. The molecule has 2 aliphatic heterocycles. The normalized spacial score (nSPS) is 16.9. The van der Waals surface area contributed by atoms with Crippen molar-refractivity contribution in [2.75, 3.05) is 24.6 Å². The Morgan fingerprint density at radius 2 is 1.48 bits per heavy atom. The number of benzene rings is 3. The standard InChI is InChI=1S/C36H41N4O3Si/c1-36(2,3)28-11-15-32(16-12-28)44(31-7-5-4-6-8-31)43-25-26-17-20-39(21-18-26)29-13-9-27(10-14-29)33-19-22-40(38-33)30-23-34(41)37-35(42)24-30/h4-16,19,22,26,30H,17-18,20-21,23-25H2,1-3H3,(H,37,41,42). The molecule has 0 unspecified atom stereocenters. The summed E-state index contributed by atoms with van der Waals surface area (Å²) < 4.78 is 8.52. The van der Waals surface area contributed by atoms with Gasteiger partial charge in [-0.15, -0.1) is 0 Å². The third-order valence-corrected chi connectivity index (χ3v) is 10.9. The Kier molecular flexibility index (Phi) is 8.82. The number of carbonyl (C=O) groups is 2. The van der Waals surface area contributed by atoms with Crippen LogP contribution >= 0.6 is 0 Å². The van der Waals surface area contributed by atoms with E-state index in [1.807, 2.05) is 12.3 Å². The Labute approximate surface area is 262 Å². The van der Waals surface area contributed by atoms with Crippen molar-refractivity contribution in [3.05, 3.63) is 96.7 Å². The molecule has 3 aromatic carbocycles. The number of nitrogens with zero attached hydrogens (tertiary/aromatic N) is 3. The number of piperidine rings is 2. The summed E-state index contributed by atoms with van der Waals surface area (Å²) in [6, 6.07) is 30.0. The summed E-state index contributed by atoms with van der Waals surface area (Å²) in [6.45, 7) is 9.56. The lowest BCUT2D eigenvalue weighted by molar-refractivity contribution is -0.134. The second-order valence-electron chi connectivity index (χ2n) is 13.0. The van der Waals surface area contributed by atoms with Crippen LogP contribution in [-0.2, 0) is 19.4 Å². The molecule has 8 heteroatoms. The highest BCUT2D eigenvalue weighted by atomic mass is 28.3. The van der Waals surface area contributed by atoms with Crippen molar-refractivity contribution in [2.45, 2.75) is 57.9 Å². The number of carbonyl (C=O) groups excluding carboxylic acids is 2. The quantitative estimate of drug-likeness (QED) is 0.229. The maximum Gasteiger partial charge on any atom is 0.282 e. The first-order chi connectivity index (χ1) is 21.2. The first-order valence-corrected chi connectivity index (χ1v) is 17.0. The van der Waals surface area contributed by atoms with Crippen molar-refractivity contribution < 1.29 is 14.0 Å². The lowest BCUT2D eigenvalue weighted by Gasteiger charge is -2.34. The van der Waals surface area contributed by atoms with Crippen LogP contribution in [0.1, 0.15) is 58.1 Å². The summed E-state index contributed by atoms with van der Waals surface area (Å²) in [6.07, 6.45) is 4.61. The Bertz CT molecular complexity index is 1550. The number of rotatable bonds is 8. The zero-order valence-corrected chi connectivity index (χ0v) is 26.8. The van der Waals surface area contributed by atoms with E-state index in [2.05, 4.69) is 115 Å². The monoisotopic (exact) mass is 605 g/mol. The maximum absolute atomic E-state index is 11.8. The zero-order chi connectivity index (χ0) is 30.7. The summed E-state index contributed by atoms with van der Waals surface area (Å²) in [5.74, 6) is 0.0543. The Morgan fingerprint density at radius 3 is 2.11 bits per heavy atom. The number of hydrogen-bond donors (Lipinski definition) is 1. The topological polar surface area (TPSA) is 76.5 Å². The molecule has 3 heterocycles. The van der Waals surface area contributed by atoms with Gasteiger partial charge in [-0.25, -0.2) is 0 Å². The number of amides is 2. The van der Waals surface area contributed by atoms with Gasteiger partial charge in [-0.05, 0) is 58.3 Å². The van der Waals surface area contributed by atoms with E-state index in [1.54, 1.807) is 4.68 Å². The van der Waals surface area contributed by atoms with E-state index >= 15 is 0 Å². The highest BCUT2D eigenvalue weighted by Crippen LogP contribution is 2.28. The van der Waals surface area contributed by atoms with Crippen LogP contribution in [0.3, 0.4) is 0 Å². The van der Waals surface area contributed by atoms with Gasteiger partial charge in [0.15, 0.2) is 0 Å². The van der Waals surface area contributed by atoms with E-state index < -0.39 is 9.04 Å². The number of aromatic nitrogens is 2. The van der Waals surface area contributed by atoms with Gasteiger partial charge >= 0.3 is 0 Å². The summed E-state index contributed by atoms with van der Waals surface area (Å²) in [5.41, 5.74) is 4.56. The van der Waals surface area contributed by atoms with Gasteiger partial charge in [0.05, 0.1) is 11.7 Å². The minimum atomic E-state index is -1.32. The van der Waals surface area contributed by atoms with Gasteiger partial charge in [-0.2, -0.15) is 5.10 Å². The molecule has 1 radical (unpaired) electrons. The Balaban J connectivity index is 1.05.